The van der Waals surface area contributed by atoms with Gasteiger partial charge in [-0.25, -0.2) is 4.98 Å². The third-order valence-electron chi connectivity index (χ3n) is 4.33. The van der Waals surface area contributed by atoms with Gasteiger partial charge in [0, 0.05) is 17.5 Å². The van der Waals surface area contributed by atoms with Gasteiger partial charge in [0.1, 0.15) is 17.5 Å². The molecule has 0 bridgehead atoms. The Morgan fingerprint density at radius 3 is 2.72 bits per heavy atom. The molecule has 0 aliphatic carbocycles. The largest absolute Gasteiger partial charge is 0.495 e. The summed E-state index contributed by atoms with van der Waals surface area (Å²) in [4.78, 5) is 18.0. The molecular formula is C19H16N4O2. The summed E-state index contributed by atoms with van der Waals surface area (Å²) in [5, 5.41) is 18.7. The fraction of sp³-hybridized carbons (Fsp3) is 0.263. The Bertz CT molecular complexity index is 938. The summed E-state index contributed by atoms with van der Waals surface area (Å²) in [6, 6.07) is 7.48. The second-order valence-electron chi connectivity index (χ2n) is 5.78. The number of ketones is 1. The Labute approximate surface area is 145 Å². The summed E-state index contributed by atoms with van der Waals surface area (Å²) in [5.74, 6) is 0.555. The van der Waals surface area contributed by atoms with Crippen LogP contribution >= 0.6 is 0 Å². The number of Topliss-reactive ketones (excluding diaryl/α,β-unsaturated/α-hetero) is 1. The van der Waals surface area contributed by atoms with Crippen LogP contribution in [-0.4, -0.2) is 22.8 Å². The van der Waals surface area contributed by atoms with Crippen molar-refractivity contribution in [1.82, 2.24) is 9.88 Å². The molecule has 0 radical (unpaired) electrons. The quantitative estimate of drug-likeness (QED) is 0.631. The number of nitriles is 2. The third-order valence-corrected chi connectivity index (χ3v) is 4.33. The number of ether oxygens (including phenoxy) is 1. The van der Waals surface area contributed by atoms with Crippen molar-refractivity contribution in [2.45, 2.75) is 26.4 Å². The maximum atomic E-state index is 12.2. The van der Waals surface area contributed by atoms with Gasteiger partial charge in [-0.2, -0.15) is 10.5 Å². The first kappa shape index (κ1) is 16.5. The van der Waals surface area contributed by atoms with Crippen LogP contribution in [0.15, 0.2) is 24.4 Å². The van der Waals surface area contributed by atoms with Gasteiger partial charge in [0.15, 0.2) is 12.0 Å². The smallest absolute Gasteiger partial charge is 0.179 e. The molecule has 2 aromatic rings. The van der Waals surface area contributed by atoms with Crippen LogP contribution in [0.25, 0.3) is 11.1 Å². The molecule has 0 fully saturated rings. The van der Waals surface area contributed by atoms with E-state index in [4.69, 9.17) is 4.74 Å². The van der Waals surface area contributed by atoms with Crippen LogP contribution in [0.1, 0.15) is 40.5 Å². The summed E-state index contributed by atoms with van der Waals surface area (Å²) < 4.78 is 5.23. The number of aromatic nitrogens is 1. The molecule has 124 valence electrons. The maximum absolute atomic E-state index is 12.2. The number of hydrogen-bond acceptors (Lipinski definition) is 6. The number of methoxy groups -OCH3 is 1. The molecule has 25 heavy (non-hydrogen) atoms. The highest BCUT2D eigenvalue weighted by atomic mass is 16.5. The van der Waals surface area contributed by atoms with Crippen LogP contribution in [-0.2, 0) is 13.1 Å². The lowest BCUT2D eigenvalue weighted by Crippen LogP contribution is -2.07. The number of rotatable bonds is 4. The molecule has 0 N–H and O–H groups in total. The molecule has 0 atom stereocenters. The first-order valence-electron chi connectivity index (χ1n) is 7.89. The van der Waals surface area contributed by atoms with Gasteiger partial charge in [-0.15, -0.1) is 0 Å². The minimum atomic E-state index is 0.0221. The Hall–Kier alpha value is -3.38. The minimum Gasteiger partial charge on any atom is -0.495 e. The molecular weight excluding hydrogens is 316 g/mol. The van der Waals surface area contributed by atoms with E-state index in [-0.39, 0.29) is 11.5 Å². The number of nitrogens with zero attached hydrogens (tertiary/aromatic N) is 4. The lowest BCUT2D eigenvalue weighted by Gasteiger charge is -2.13. The van der Waals surface area contributed by atoms with Crippen molar-refractivity contribution < 1.29 is 9.53 Å². The van der Waals surface area contributed by atoms with Crippen LogP contribution in [0.4, 0.5) is 0 Å². The number of pyridine rings is 1. The molecule has 2 heterocycles. The number of carbonyl (C=O) groups excluding carboxylic acids is 1. The van der Waals surface area contributed by atoms with E-state index in [1.54, 1.807) is 17.0 Å². The SMILES string of the molecule is CCC(=O)c1cc2c(c(-c3cc(OC)cnc3C#N)c1)CN(C#N)C2. The van der Waals surface area contributed by atoms with Gasteiger partial charge >= 0.3 is 0 Å². The van der Waals surface area contributed by atoms with Crippen LogP contribution in [0.2, 0.25) is 0 Å². The van der Waals surface area contributed by atoms with Crippen molar-refractivity contribution in [3.05, 3.63) is 46.8 Å². The monoisotopic (exact) mass is 332 g/mol. The molecule has 1 aliphatic heterocycles. The number of fused-ring (bicyclic) bond motifs is 1. The van der Waals surface area contributed by atoms with Crippen LogP contribution in [0, 0.1) is 22.8 Å². The predicted octanol–water partition coefficient (Wildman–Crippen LogP) is 3.02. The highest BCUT2D eigenvalue weighted by molar-refractivity contribution is 5.98. The zero-order valence-electron chi connectivity index (χ0n) is 14.0. The van der Waals surface area contributed by atoms with Gasteiger partial charge in [-0.05, 0) is 34.9 Å². The van der Waals surface area contributed by atoms with Crippen LogP contribution in [0.3, 0.4) is 0 Å². The van der Waals surface area contributed by atoms with Gasteiger partial charge in [0.2, 0.25) is 0 Å². The number of hydrogen-bond donors (Lipinski definition) is 0. The molecule has 6 nitrogen and oxygen atoms in total. The average molecular weight is 332 g/mol. The van der Waals surface area contributed by atoms with Crippen molar-refractivity contribution in [1.29, 1.82) is 10.5 Å². The van der Waals surface area contributed by atoms with Gasteiger partial charge in [-0.1, -0.05) is 6.92 Å². The summed E-state index contributed by atoms with van der Waals surface area (Å²) in [6.07, 6.45) is 4.03. The van der Waals surface area contributed by atoms with E-state index in [2.05, 4.69) is 17.2 Å². The van der Waals surface area contributed by atoms with Crippen molar-refractivity contribution in [3.63, 3.8) is 0 Å². The topological polar surface area (TPSA) is 90.0 Å². The molecule has 1 aliphatic rings. The second kappa shape index (κ2) is 6.62. The Kier molecular flexibility index (Phi) is 4.36. The Balaban J connectivity index is 2.26. The molecule has 1 aromatic heterocycles. The van der Waals surface area contributed by atoms with E-state index in [1.165, 1.54) is 13.3 Å². The fourth-order valence-electron chi connectivity index (χ4n) is 3.04. The third kappa shape index (κ3) is 2.90. The van der Waals surface area contributed by atoms with E-state index in [0.29, 0.717) is 36.4 Å². The first-order chi connectivity index (χ1) is 12.1. The van der Waals surface area contributed by atoms with E-state index >= 15 is 0 Å². The van der Waals surface area contributed by atoms with E-state index in [9.17, 15) is 15.3 Å². The van der Waals surface area contributed by atoms with Crippen molar-refractivity contribution in [3.8, 4) is 29.1 Å². The first-order valence-corrected chi connectivity index (χ1v) is 7.89. The van der Waals surface area contributed by atoms with Crippen molar-refractivity contribution >= 4 is 5.78 Å². The van der Waals surface area contributed by atoms with Gasteiger partial charge in [-0.3, -0.25) is 4.79 Å². The summed E-state index contributed by atoms with van der Waals surface area (Å²) in [7, 11) is 1.53. The van der Waals surface area contributed by atoms with Crippen molar-refractivity contribution in [2.75, 3.05) is 7.11 Å². The fourth-order valence-corrected chi connectivity index (χ4v) is 3.04. The van der Waals surface area contributed by atoms with Crippen LogP contribution < -0.4 is 4.74 Å². The molecule has 0 saturated heterocycles. The normalized spacial score (nSPS) is 12.2. The number of carbonyl (C=O) groups is 1. The lowest BCUT2D eigenvalue weighted by atomic mass is 9.92. The molecule has 0 amide bonds. The van der Waals surface area contributed by atoms with E-state index in [0.717, 1.165) is 16.7 Å². The van der Waals surface area contributed by atoms with Crippen LogP contribution in [0.5, 0.6) is 5.75 Å². The molecule has 1 aromatic carbocycles. The summed E-state index contributed by atoms with van der Waals surface area (Å²) in [6.45, 7) is 2.72. The zero-order valence-corrected chi connectivity index (χ0v) is 14.0. The maximum Gasteiger partial charge on any atom is 0.179 e. The predicted molar refractivity (Wildman–Crippen MR) is 90.4 cm³/mol. The van der Waals surface area contributed by atoms with Gasteiger partial charge in [0.25, 0.3) is 0 Å². The molecule has 3 rings (SSSR count). The Morgan fingerprint density at radius 1 is 1.28 bits per heavy atom. The molecule has 0 saturated carbocycles. The zero-order chi connectivity index (χ0) is 18.0. The van der Waals surface area contributed by atoms with Crippen molar-refractivity contribution in [2.24, 2.45) is 0 Å². The summed E-state index contributed by atoms with van der Waals surface area (Å²) >= 11 is 0. The lowest BCUT2D eigenvalue weighted by molar-refractivity contribution is 0.0988. The molecule has 0 spiro atoms. The van der Waals surface area contributed by atoms with Gasteiger partial charge < -0.3 is 9.64 Å². The molecule has 0 unspecified atom stereocenters. The second-order valence-corrected chi connectivity index (χ2v) is 5.78. The van der Waals surface area contributed by atoms with E-state index < -0.39 is 0 Å². The van der Waals surface area contributed by atoms with Gasteiger partial charge in [0.05, 0.1) is 26.4 Å². The summed E-state index contributed by atoms with van der Waals surface area (Å²) in [5.41, 5.74) is 4.10. The average Bonchev–Trinajstić information content (AvgIpc) is 3.09. The minimum absolute atomic E-state index is 0.0221. The highest BCUT2D eigenvalue weighted by Gasteiger charge is 2.25. The number of benzene rings is 1. The standard InChI is InChI=1S/C19H16N4O2/c1-3-19(24)12-4-13-9-23(11-21)10-17(13)15(5-12)16-6-14(25-2)8-22-18(16)7-20/h4-6,8H,3,9-10H2,1-2H3. The van der Waals surface area contributed by atoms with E-state index in [1.807, 2.05) is 13.0 Å². The highest BCUT2D eigenvalue weighted by Crippen LogP contribution is 2.36. The Morgan fingerprint density at radius 2 is 2.08 bits per heavy atom. The molecule has 6 heteroatoms.